The Balaban J connectivity index is 1.96. The van der Waals surface area contributed by atoms with Crippen LogP contribution in [0, 0.1) is 28.6 Å². The average Bonchev–Trinajstić information content (AvgIpc) is 3.35. The van der Waals surface area contributed by atoms with Crippen molar-refractivity contribution < 1.29 is 53.4 Å². The summed E-state index contributed by atoms with van der Waals surface area (Å²) in [4.78, 5) is 130. The Morgan fingerprint density at radius 3 is 1.36 bits per heavy atom. The normalized spacial score (nSPS) is 14.3. The van der Waals surface area contributed by atoms with E-state index >= 15 is 0 Å². The highest BCUT2D eigenvalue weighted by atomic mass is 16.4. The summed E-state index contributed by atoms with van der Waals surface area (Å²) in [5.74, 6) is -9.41. The van der Waals surface area contributed by atoms with Crippen molar-refractivity contribution in [3.8, 4) is 5.75 Å². The summed E-state index contributed by atoms with van der Waals surface area (Å²) in [7, 11) is 0. The van der Waals surface area contributed by atoms with Crippen molar-refractivity contribution in [3.63, 3.8) is 0 Å². The Hall–Kier alpha value is -8.57. The van der Waals surface area contributed by atoms with Gasteiger partial charge in [0.25, 0.3) is 0 Å². The van der Waals surface area contributed by atoms with Gasteiger partial charge in [-0.3, -0.25) is 49.2 Å². The maximum absolute atomic E-state index is 14.7. The number of unbranched alkanes of at least 4 members (excludes halogenated alkanes) is 2. The lowest BCUT2D eigenvalue weighted by Crippen LogP contribution is -2.62. The molecule has 0 spiro atoms. The Labute approximate surface area is 520 Å². The molecule has 0 aliphatic carbocycles. The summed E-state index contributed by atoms with van der Waals surface area (Å²) < 4.78 is 0. The molecule has 8 amide bonds. The molecule has 0 bridgehead atoms. The highest BCUT2D eigenvalue weighted by Crippen LogP contribution is 2.21. The van der Waals surface area contributed by atoms with Crippen LogP contribution in [0.4, 0.5) is 0 Å². The Morgan fingerprint density at radius 2 is 0.910 bits per heavy atom. The van der Waals surface area contributed by atoms with Crippen LogP contribution >= 0.6 is 0 Å². The van der Waals surface area contributed by atoms with Gasteiger partial charge < -0.3 is 97.0 Å². The lowest BCUT2D eigenvalue weighted by Gasteiger charge is -2.30. The SMILES string of the molecule is CC(C)C[C@H](N)C(=O)N[C@@H](Cc1c[nH]c2ccccc12)C(=O)N[C@H](C(=O)N[C@@H](Cc1ccc(O)cc1)C(=O)N[C@H](C(=O)N[C@@H](CCCNC(=N)N)C(=O)N[C@@H](CCCCN)C(=O)N[C@@H](CCCCN)C(=O)N[C@@H](CCCNC(=N)N)C(=O)O)C(C)C)C(C)C. The number of H-pyrrole nitrogens is 1. The molecule has 3 aromatic rings. The summed E-state index contributed by atoms with van der Waals surface area (Å²) in [5, 5.41) is 62.8. The fourth-order valence-corrected chi connectivity index (χ4v) is 9.73. The molecule has 29 heteroatoms. The third-order valence-electron chi connectivity index (χ3n) is 14.7. The average molecular weight is 1250 g/mol. The number of phenols is 1. The lowest BCUT2D eigenvalue weighted by molar-refractivity contribution is -0.142. The third-order valence-corrected chi connectivity index (χ3v) is 14.7. The van der Waals surface area contributed by atoms with Gasteiger partial charge in [0.05, 0.1) is 6.04 Å². The number of aromatic hydroxyl groups is 1. The first kappa shape index (κ1) is 74.7. The number of nitrogens with one attached hydrogen (secondary N) is 13. The van der Waals surface area contributed by atoms with Crippen LogP contribution in [0.25, 0.3) is 10.9 Å². The van der Waals surface area contributed by atoms with Crippen molar-refractivity contribution in [2.75, 3.05) is 26.2 Å². The minimum absolute atomic E-state index is 0.0227. The van der Waals surface area contributed by atoms with E-state index in [0.717, 1.165) is 10.9 Å². The minimum atomic E-state index is -1.43. The molecule has 0 aliphatic heterocycles. The van der Waals surface area contributed by atoms with Gasteiger partial charge in [0, 0.05) is 43.0 Å². The lowest BCUT2D eigenvalue weighted by atomic mass is 9.98. The van der Waals surface area contributed by atoms with Gasteiger partial charge in [0.1, 0.15) is 54.1 Å². The van der Waals surface area contributed by atoms with Crippen molar-refractivity contribution in [2.24, 2.45) is 46.4 Å². The maximum atomic E-state index is 14.7. The number of carbonyl (C=O) groups is 9. The summed E-state index contributed by atoms with van der Waals surface area (Å²) in [5.41, 5.74) is 30.7. The van der Waals surface area contributed by atoms with Gasteiger partial charge in [-0.2, -0.15) is 0 Å². The number of aromatic amines is 1. The quantitative estimate of drug-likeness (QED) is 0.0186. The van der Waals surface area contributed by atoms with Crippen LogP contribution < -0.4 is 81.8 Å². The van der Waals surface area contributed by atoms with Gasteiger partial charge in [-0.1, -0.05) is 71.9 Å². The number of carboxylic acids is 1. The maximum Gasteiger partial charge on any atom is 0.326 e. The molecule has 0 radical (unpaired) electrons. The molecule has 89 heavy (non-hydrogen) atoms. The minimum Gasteiger partial charge on any atom is -0.508 e. The number of hydrogen-bond donors (Lipinski definition) is 20. The Morgan fingerprint density at radius 1 is 0.506 bits per heavy atom. The fourth-order valence-electron chi connectivity index (χ4n) is 9.73. The molecule has 2 aromatic carbocycles. The summed E-state index contributed by atoms with van der Waals surface area (Å²) >= 11 is 0. The predicted molar refractivity (Wildman–Crippen MR) is 338 cm³/mol. The molecular weight excluding hydrogens is 1150 g/mol. The zero-order valence-corrected chi connectivity index (χ0v) is 52.1. The van der Waals surface area contributed by atoms with E-state index in [0.29, 0.717) is 43.2 Å². The molecule has 25 N–H and O–H groups in total. The largest absolute Gasteiger partial charge is 0.508 e. The third kappa shape index (κ3) is 26.7. The monoisotopic (exact) mass is 1250 g/mol. The molecule has 1 aromatic heterocycles. The predicted octanol–water partition coefficient (Wildman–Crippen LogP) is -0.908. The summed E-state index contributed by atoms with van der Waals surface area (Å²) in [6.45, 7) is 11.2. The van der Waals surface area contributed by atoms with Crippen LogP contribution in [0.5, 0.6) is 5.75 Å². The molecule has 494 valence electrons. The van der Waals surface area contributed by atoms with Crippen molar-refractivity contribution >= 4 is 76.0 Å². The van der Waals surface area contributed by atoms with E-state index in [9.17, 15) is 53.4 Å². The Kier molecular flexibility index (Phi) is 32.4. The number of carboxylic acid groups (broad SMARTS) is 1. The summed E-state index contributed by atoms with van der Waals surface area (Å²) in [6, 6.07) is 1.73. The number of guanidine groups is 2. The first-order valence-electron chi connectivity index (χ1n) is 30.5. The van der Waals surface area contributed by atoms with E-state index in [1.54, 1.807) is 33.9 Å². The van der Waals surface area contributed by atoms with E-state index in [-0.39, 0.29) is 101 Å². The van der Waals surface area contributed by atoms with Crippen molar-refractivity contribution in [1.29, 1.82) is 10.8 Å². The number of amides is 8. The zero-order chi connectivity index (χ0) is 66.3. The first-order chi connectivity index (χ1) is 42.1. The van der Waals surface area contributed by atoms with E-state index < -0.39 is 119 Å². The van der Waals surface area contributed by atoms with Gasteiger partial charge in [-0.15, -0.1) is 0 Å². The highest BCUT2D eigenvalue weighted by Gasteiger charge is 2.37. The summed E-state index contributed by atoms with van der Waals surface area (Å²) in [6.07, 6.45) is 3.85. The van der Waals surface area contributed by atoms with E-state index in [2.05, 4.69) is 58.2 Å². The number of aliphatic carboxylic acids is 1. The molecule has 1 heterocycles. The van der Waals surface area contributed by atoms with Crippen LogP contribution in [-0.2, 0) is 56.0 Å². The van der Waals surface area contributed by atoms with Gasteiger partial charge in [-0.25, -0.2) is 4.79 Å². The zero-order valence-electron chi connectivity index (χ0n) is 52.1. The number of nitrogens with two attached hydrogens (primary N) is 5. The van der Waals surface area contributed by atoms with E-state index in [1.807, 2.05) is 38.1 Å². The molecule has 0 unspecified atom stereocenters. The van der Waals surface area contributed by atoms with E-state index in [4.69, 9.17) is 39.5 Å². The second-order valence-electron chi connectivity index (χ2n) is 23.4. The number of aromatic nitrogens is 1. The fraction of sp³-hybridized carbons (Fsp3) is 0.583. The van der Waals surface area contributed by atoms with Gasteiger partial charge >= 0.3 is 5.97 Å². The molecule has 9 atom stereocenters. The Bertz CT molecular complexity index is 2810. The smallest absolute Gasteiger partial charge is 0.326 e. The second kappa shape index (κ2) is 38.7. The van der Waals surface area contributed by atoms with Gasteiger partial charge in [-0.05, 0) is 131 Å². The second-order valence-corrected chi connectivity index (χ2v) is 23.4. The molecule has 3 rings (SSSR count). The number of fused-ring (bicyclic) bond motifs is 1. The molecule has 29 nitrogen and oxygen atoms in total. The van der Waals surface area contributed by atoms with Crippen LogP contribution in [0.1, 0.15) is 123 Å². The topological polar surface area (TPSA) is 508 Å². The number of phenolic OH excluding ortho intramolecular Hbond substituents is 1. The standard InChI is InChI=1S/C60H98N18O11/c1-33(2)29-40(63)50(80)75-47(31-37-32-70-41-16-8-7-15-39(37)41)55(85)78-49(35(5)6)57(87)76-46(30-36-21-23-38(79)24-22-36)54(84)77-48(34(3)4)56(86)73-44(19-13-27-68-59(64)65)52(82)71-42(17-9-11-25-61)51(81)72-43(18-10-12-26-62)53(83)74-45(58(88)89)20-14-28-69-60(66)67/h7-8,15-16,21-24,32-35,40,42-49,70,79H,9-14,17-20,25-31,61-63H2,1-6H3,(H,71,82)(H,72,81)(H,73,86)(H,74,83)(H,75,80)(H,76,87)(H,77,84)(H,78,85)(H,88,89)(H4,64,65,68)(H4,66,67,69)/t40-,42-,43-,44-,45-,46-,47-,48-,49-/m0/s1. The van der Waals surface area contributed by atoms with Gasteiger partial charge in [0.2, 0.25) is 47.3 Å². The van der Waals surface area contributed by atoms with E-state index in [1.165, 1.54) is 24.3 Å². The number of hydrogen-bond acceptors (Lipinski definition) is 15. The molecule has 0 fully saturated rings. The highest BCUT2D eigenvalue weighted by molar-refractivity contribution is 5.98. The van der Waals surface area contributed by atoms with Crippen LogP contribution in [0.15, 0.2) is 54.7 Å². The molecule has 0 saturated carbocycles. The molecule has 0 aliphatic rings. The first-order valence-corrected chi connectivity index (χ1v) is 30.5. The number of rotatable bonds is 41. The van der Waals surface area contributed by atoms with Crippen molar-refractivity contribution in [2.45, 2.75) is 179 Å². The number of benzene rings is 2. The van der Waals surface area contributed by atoms with Crippen LogP contribution in [0.2, 0.25) is 0 Å². The van der Waals surface area contributed by atoms with Crippen molar-refractivity contribution in [3.05, 3.63) is 65.9 Å². The molecular formula is C60H98N18O11. The van der Waals surface area contributed by atoms with Crippen LogP contribution in [-0.4, -0.2) is 161 Å². The number of carbonyl (C=O) groups excluding carboxylic acids is 8. The van der Waals surface area contributed by atoms with Gasteiger partial charge in [0.15, 0.2) is 11.9 Å². The van der Waals surface area contributed by atoms with Crippen LogP contribution in [0.3, 0.4) is 0 Å². The van der Waals surface area contributed by atoms with Crippen molar-refractivity contribution in [1.82, 2.24) is 58.2 Å². The molecule has 0 saturated heterocycles. The number of para-hydroxylation sites is 1.